The highest BCUT2D eigenvalue weighted by molar-refractivity contribution is 6.01. The Morgan fingerprint density at radius 1 is 0.732 bits per heavy atom. The van der Waals surface area contributed by atoms with Gasteiger partial charge in [-0.25, -0.2) is 4.79 Å². The summed E-state index contributed by atoms with van der Waals surface area (Å²) in [5.74, 6) is 1.05. The number of rotatable bonds is 8. The lowest BCUT2D eigenvalue weighted by atomic mass is 10.0. The number of methoxy groups -OCH3 is 6. The van der Waals surface area contributed by atoms with E-state index in [-0.39, 0.29) is 31.4 Å². The molecule has 0 spiro atoms. The van der Waals surface area contributed by atoms with Gasteiger partial charge in [0.25, 0.3) is 11.8 Å². The Morgan fingerprint density at radius 2 is 1.37 bits per heavy atom. The van der Waals surface area contributed by atoms with Gasteiger partial charge in [0.05, 0.1) is 49.2 Å². The summed E-state index contributed by atoms with van der Waals surface area (Å²) < 4.78 is 32.1. The van der Waals surface area contributed by atoms with Crippen LogP contribution in [-0.4, -0.2) is 95.9 Å². The minimum absolute atomic E-state index is 0.0250. The zero-order valence-electron chi connectivity index (χ0n) is 24.3. The van der Waals surface area contributed by atoms with Crippen molar-refractivity contribution in [3.05, 3.63) is 46.5 Å². The highest BCUT2D eigenvalue weighted by Gasteiger charge is 2.39. The summed E-state index contributed by atoms with van der Waals surface area (Å²) in [5.41, 5.74) is 2.80. The molecule has 0 saturated carbocycles. The molecular formula is C30H36N2O9. The van der Waals surface area contributed by atoms with Crippen molar-refractivity contribution in [3.63, 3.8) is 0 Å². The van der Waals surface area contributed by atoms with Crippen LogP contribution in [0.25, 0.3) is 6.08 Å². The Labute approximate surface area is 239 Å². The molecule has 2 amide bonds. The number of hydrogen-bond donors (Lipinski definition) is 0. The normalized spacial score (nSPS) is 16.5. The minimum atomic E-state index is -0.971. The third-order valence-corrected chi connectivity index (χ3v) is 7.46. The number of amides is 2. The van der Waals surface area contributed by atoms with E-state index >= 15 is 0 Å². The molecule has 4 rings (SSSR count). The van der Waals surface area contributed by atoms with Gasteiger partial charge in [-0.15, -0.1) is 0 Å². The van der Waals surface area contributed by atoms with E-state index in [1.54, 1.807) is 26.4 Å². The topological polar surface area (TPSA) is 113 Å². The van der Waals surface area contributed by atoms with Crippen LogP contribution in [0.15, 0.2) is 29.8 Å². The van der Waals surface area contributed by atoms with Crippen molar-refractivity contribution in [2.75, 3.05) is 62.3 Å². The Hall–Kier alpha value is -4.41. The summed E-state index contributed by atoms with van der Waals surface area (Å²) in [7, 11) is 8.84. The van der Waals surface area contributed by atoms with Crippen molar-refractivity contribution in [1.82, 2.24) is 9.80 Å². The van der Waals surface area contributed by atoms with Gasteiger partial charge < -0.3 is 38.2 Å². The van der Waals surface area contributed by atoms with E-state index in [2.05, 4.69) is 0 Å². The Kier molecular flexibility index (Phi) is 9.26. The van der Waals surface area contributed by atoms with Gasteiger partial charge in [0.2, 0.25) is 5.75 Å². The molecule has 0 bridgehead atoms. The maximum Gasteiger partial charge on any atom is 0.330 e. The second-order valence-corrected chi connectivity index (χ2v) is 9.63. The smallest absolute Gasteiger partial charge is 0.330 e. The Balaban J connectivity index is 1.61. The summed E-state index contributed by atoms with van der Waals surface area (Å²) >= 11 is 0. The van der Waals surface area contributed by atoms with Crippen molar-refractivity contribution in [1.29, 1.82) is 0 Å². The lowest BCUT2D eigenvalue weighted by Crippen LogP contribution is -2.59. The van der Waals surface area contributed by atoms with Crippen molar-refractivity contribution < 1.29 is 42.8 Å². The van der Waals surface area contributed by atoms with Gasteiger partial charge in [0.1, 0.15) is 6.04 Å². The molecule has 1 saturated heterocycles. The van der Waals surface area contributed by atoms with E-state index in [0.717, 1.165) is 24.0 Å². The summed E-state index contributed by atoms with van der Waals surface area (Å²) in [6, 6.07) is 5.94. The average molecular weight is 569 g/mol. The maximum atomic E-state index is 13.9. The highest BCUT2D eigenvalue weighted by Crippen LogP contribution is 2.39. The van der Waals surface area contributed by atoms with Crippen LogP contribution in [0.4, 0.5) is 0 Å². The molecule has 2 aromatic carbocycles. The molecule has 41 heavy (non-hydrogen) atoms. The molecule has 1 aliphatic carbocycles. The fraction of sp³-hybridized carbons (Fsp3) is 0.433. The zero-order valence-corrected chi connectivity index (χ0v) is 24.3. The highest BCUT2D eigenvalue weighted by atomic mass is 16.5. The van der Waals surface area contributed by atoms with Gasteiger partial charge in [-0.3, -0.25) is 9.59 Å². The molecule has 2 aromatic rings. The van der Waals surface area contributed by atoms with Crippen LogP contribution in [0.2, 0.25) is 0 Å². The molecular weight excluding hydrogens is 532 g/mol. The average Bonchev–Trinajstić information content (AvgIpc) is 3.23. The largest absolute Gasteiger partial charge is 0.493 e. The number of hydrogen-bond acceptors (Lipinski definition) is 9. The van der Waals surface area contributed by atoms with Crippen LogP contribution >= 0.6 is 0 Å². The fourth-order valence-electron chi connectivity index (χ4n) is 5.31. The number of ether oxygens (including phenoxy) is 6. The van der Waals surface area contributed by atoms with Crippen LogP contribution in [0, 0.1) is 0 Å². The predicted molar refractivity (Wildman–Crippen MR) is 150 cm³/mol. The number of aryl methyl sites for hydroxylation is 1. The van der Waals surface area contributed by atoms with Crippen molar-refractivity contribution >= 4 is 23.9 Å². The molecule has 2 aliphatic rings. The molecule has 220 valence electrons. The van der Waals surface area contributed by atoms with E-state index in [4.69, 9.17) is 28.4 Å². The summed E-state index contributed by atoms with van der Waals surface area (Å²) in [4.78, 5) is 43.3. The summed E-state index contributed by atoms with van der Waals surface area (Å²) in [5, 5.41) is 0. The van der Waals surface area contributed by atoms with Crippen LogP contribution in [0.3, 0.4) is 0 Å². The summed E-state index contributed by atoms with van der Waals surface area (Å²) in [6.45, 7) is 0.358. The lowest BCUT2D eigenvalue weighted by Gasteiger charge is -2.40. The molecule has 11 nitrogen and oxygen atoms in total. The number of carbonyl (C=O) groups excluding carboxylic acids is 3. The van der Waals surface area contributed by atoms with Gasteiger partial charge >= 0.3 is 5.97 Å². The standard InChI is InChI=1S/C30H36N2O9/c1-36-23-13-18-8-7-9-19(12-20(18)14-24(23)37-2)29(34)32-11-10-31(17-22(32)30(35)41-6)28(33)21-15-25(38-3)27(40-5)26(16-21)39-4/h12-16,22H,7-11,17H2,1-6H3. The maximum absolute atomic E-state index is 13.9. The molecule has 1 heterocycles. The van der Waals surface area contributed by atoms with Crippen molar-refractivity contribution in [3.8, 4) is 28.7 Å². The molecule has 11 heteroatoms. The number of fused-ring (bicyclic) bond motifs is 1. The van der Waals surface area contributed by atoms with Crippen LogP contribution in [0.5, 0.6) is 28.7 Å². The number of carbonyl (C=O) groups is 3. The second kappa shape index (κ2) is 12.8. The SMILES string of the molecule is COC(=O)C1CN(C(=O)c2cc(OC)c(OC)c(OC)c2)CCN1C(=O)C1=Cc2cc(OC)c(OC)cc2CCC1. The monoisotopic (exact) mass is 568 g/mol. The molecule has 0 aromatic heterocycles. The van der Waals surface area contributed by atoms with E-state index in [1.807, 2.05) is 18.2 Å². The third kappa shape index (κ3) is 5.89. The first-order valence-corrected chi connectivity index (χ1v) is 13.2. The Morgan fingerprint density at radius 3 is 1.95 bits per heavy atom. The van der Waals surface area contributed by atoms with Crippen molar-refractivity contribution in [2.24, 2.45) is 0 Å². The molecule has 0 radical (unpaired) electrons. The first kappa shape index (κ1) is 29.6. The molecule has 1 fully saturated rings. The molecule has 1 unspecified atom stereocenters. The zero-order chi connectivity index (χ0) is 29.7. The van der Waals surface area contributed by atoms with E-state index in [0.29, 0.717) is 46.3 Å². The van der Waals surface area contributed by atoms with Gasteiger partial charge in [-0.2, -0.15) is 0 Å². The van der Waals surface area contributed by atoms with Gasteiger partial charge in [0.15, 0.2) is 23.0 Å². The van der Waals surface area contributed by atoms with Crippen LogP contribution in [0.1, 0.15) is 34.3 Å². The molecule has 1 aliphatic heterocycles. The van der Waals surface area contributed by atoms with Gasteiger partial charge in [-0.05, 0) is 60.7 Å². The van der Waals surface area contributed by atoms with Gasteiger partial charge in [-0.1, -0.05) is 0 Å². The lowest BCUT2D eigenvalue weighted by molar-refractivity contribution is -0.154. The number of benzene rings is 2. The number of piperazine rings is 1. The van der Waals surface area contributed by atoms with Crippen LogP contribution < -0.4 is 23.7 Å². The quantitative estimate of drug-likeness (QED) is 0.444. The predicted octanol–water partition coefficient (Wildman–Crippen LogP) is 2.98. The molecule has 0 N–H and O–H groups in total. The summed E-state index contributed by atoms with van der Waals surface area (Å²) in [6.07, 6.45) is 3.91. The van der Waals surface area contributed by atoms with E-state index in [9.17, 15) is 14.4 Å². The molecule has 1 atom stereocenters. The fourth-order valence-corrected chi connectivity index (χ4v) is 5.31. The van der Waals surface area contributed by atoms with E-state index in [1.165, 1.54) is 38.2 Å². The second-order valence-electron chi connectivity index (χ2n) is 9.63. The van der Waals surface area contributed by atoms with Crippen LogP contribution in [-0.2, 0) is 20.7 Å². The number of nitrogens with zero attached hydrogens (tertiary/aromatic N) is 2. The van der Waals surface area contributed by atoms with E-state index < -0.39 is 12.0 Å². The number of esters is 1. The first-order chi connectivity index (χ1) is 19.8. The third-order valence-electron chi connectivity index (χ3n) is 7.46. The van der Waals surface area contributed by atoms with Gasteiger partial charge in [0, 0.05) is 24.2 Å². The first-order valence-electron chi connectivity index (χ1n) is 13.2. The minimum Gasteiger partial charge on any atom is -0.493 e. The Bertz CT molecular complexity index is 1330. The van der Waals surface area contributed by atoms with Crippen molar-refractivity contribution in [2.45, 2.75) is 25.3 Å².